The van der Waals surface area contributed by atoms with Crippen molar-refractivity contribution in [1.29, 1.82) is 0 Å². The fraction of sp³-hybridized carbons (Fsp3) is 0.400. The normalized spacial score (nSPS) is 14.4. The van der Waals surface area contributed by atoms with Crippen LogP contribution in [0.15, 0.2) is 35.2 Å². The first-order valence-corrected chi connectivity index (χ1v) is 6.32. The molecule has 17 heavy (non-hydrogen) atoms. The summed E-state index contributed by atoms with van der Waals surface area (Å²) in [6.45, 7) is 3.10. The van der Waals surface area contributed by atoms with Gasteiger partial charge >= 0.3 is 0 Å². The monoisotopic (exact) mass is 263 g/mol. The van der Waals surface area contributed by atoms with Gasteiger partial charge in [0, 0.05) is 0 Å². The standard InChI is InChI=1S/C6H6O3S.C4H11NO2/c7-10(8,9)6-4-2-1-3-5-6;1-3(6)5-4(2)7/h1-5H,(H,7,8,9);3-7H,1-2H3. The quantitative estimate of drug-likeness (QED) is 0.458. The second-order valence-corrected chi connectivity index (χ2v) is 4.73. The molecule has 0 saturated carbocycles. The molecule has 0 amide bonds. The third-order valence-corrected chi connectivity index (χ3v) is 2.39. The van der Waals surface area contributed by atoms with Gasteiger partial charge < -0.3 is 10.2 Å². The molecular weight excluding hydrogens is 246 g/mol. The van der Waals surface area contributed by atoms with E-state index in [4.69, 9.17) is 14.8 Å². The Morgan fingerprint density at radius 1 is 1.06 bits per heavy atom. The fourth-order valence-corrected chi connectivity index (χ4v) is 1.44. The Morgan fingerprint density at radius 2 is 1.47 bits per heavy atom. The van der Waals surface area contributed by atoms with E-state index in [2.05, 4.69) is 5.32 Å². The molecule has 1 aromatic rings. The Morgan fingerprint density at radius 3 is 1.65 bits per heavy atom. The van der Waals surface area contributed by atoms with Crippen LogP contribution in [0.4, 0.5) is 0 Å². The lowest BCUT2D eigenvalue weighted by Gasteiger charge is -2.08. The van der Waals surface area contributed by atoms with Crippen LogP contribution < -0.4 is 5.32 Å². The van der Waals surface area contributed by atoms with Crippen LogP contribution in [0.1, 0.15) is 13.8 Å². The van der Waals surface area contributed by atoms with E-state index in [0.29, 0.717) is 0 Å². The summed E-state index contributed by atoms with van der Waals surface area (Å²) in [6.07, 6.45) is -1.25. The van der Waals surface area contributed by atoms with Gasteiger partial charge in [0.25, 0.3) is 10.1 Å². The Bertz CT molecular complexity index is 396. The van der Waals surface area contributed by atoms with E-state index in [-0.39, 0.29) is 4.90 Å². The number of rotatable bonds is 3. The zero-order valence-electron chi connectivity index (χ0n) is 9.61. The van der Waals surface area contributed by atoms with Crippen LogP contribution in [0.2, 0.25) is 0 Å². The van der Waals surface area contributed by atoms with Gasteiger partial charge in [0.1, 0.15) is 12.5 Å². The van der Waals surface area contributed by atoms with Gasteiger partial charge in [-0.3, -0.25) is 9.87 Å². The van der Waals surface area contributed by atoms with Crippen molar-refractivity contribution in [2.45, 2.75) is 31.2 Å². The summed E-state index contributed by atoms with van der Waals surface area (Å²) in [4.78, 5) is -0.0741. The molecule has 1 aromatic carbocycles. The van der Waals surface area contributed by atoms with Crippen molar-refractivity contribution in [1.82, 2.24) is 5.32 Å². The van der Waals surface area contributed by atoms with Gasteiger partial charge in [-0.2, -0.15) is 8.42 Å². The van der Waals surface area contributed by atoms with Gasteiger partial charge in [0.15, 0.2) is 0 Å². The Kier molecular flexibility index (Phi) is 6.93. The number of hydrogen-bond donors (Lipinski definition) is 4. The second kappa shape index (κ2) is 7.36. The van der Waals surface area contributed by atoms with Crippen LogP contribution in [0.5, 0.6) is 0 Å². The largest absolute Gasteiger partial charge is 0.379 e. The van der Waals surface area contributed by atoms with Gasteiger partial charge in [0.2, 0.25) is 0 Å². The highest BCUT2D eigenvalue weighted by Gasteiger charge is 2.05. The van der Waals surface area contributed by atoms with Crippen LogP contribution in [-0.4, -0.2) is 35.6 Å². The maximum absolute atomic E-state index is 10.4. The smallest absolute Gasteiger partial charge is 0.294 e. The maximum Gasteiger partial charge on any atom is 0.294 e. The van der Waals surface area contributed by atoms with Crippen molar-refractivity contribution in [2.75, 3.05) is 0 Å². The van der Waals surface area contributed by atoms with Crippen LogP contribution in [0.25, 0.3) is 0 Å². The van der Waals surface area contributed by atoms with E-state index in [1.807, 2.05) is 0 Å². The summed E-state index contributed by atoms with van der Waals surface area (Å²) < 4.78 is 29.2. The fourth-order valence-electron chi connectivity index (χ4n) is 0.942. The molecule has 2 atom stereocenters. The molecule has 0 saturated heterocycles. The van der Waals surface area contributed by atoms with Gasteiger partial charge in [0.05, 0.1) is 4.90 Å². The summed E-state index contributed by atoms with van der Waals surface area (Å²) in [5.41, 5.74) is 0. The molecule has 0 aliphatic rings. The third-order valence-electron chi connectivity index (χ3n) is 1.52. The number of aliphatic hydroxyl groups is 2. The van der Waals surface area contributed by atoms with E-state index >= 15 is 0 Å². The highest BCUT2D eigenvalue weighted by atomic mass is 32.2. The van der Waals surface area contributed by atoms with Crippen molar-refractivity contribution >= 4 is 10.1 Å². The van der Waals surface area contributed by atoms with Crippen molar-refractivity contribution in [2.24, 2.45) is 0 Å². The molecule has 0 heterocycles. The number of hydrogen-bond acceptors (Lipinski definition) is 5. The minimum Gasteiger partial charge on any atom is -0.379 e. The number of benzene rings is 1. The predicted octanol–water partition coefficient (Wildman–Crippen LogP) is 0.186. The summed E-state index contributed by atoms with van der Waals surface area (Å²) in [5, 5.41) is 19.3. The van der Waals surface area contributed by atoms with E-state index in [1.165, 1.54) is 12.1 Å². The SMILES string of the molecule is CC(O)NC(C)O.O=S(=O)(O)c1ccccc1. The average Bonchev–Trinajstić information content (AvgIpc) is 2.16. The lowest BCUT2D eigenvalue weighted by atomic mass is 10.4. The molecule has 6 nitrogen and oxygen atoms in total. The van der Waals surface area contributed by atoms with Gasteiger partial charge in [-0.1, -0.05) is 18.2 Å². The maximum atomic E-state index is 10.4. The minimum absolute atomic E-state index is 0.0741. The molecule has 4 N–H and O–H groups in total. The molecule has 0 aromatic heterocycles. The summed E-state index contributed by atoms with van der Waals surface area (Å²) in [5.74, 6) is 0. The molecule has 98 valence electrons. The van der Waals surface area contributed by atoms with E-state index in [0.717, 1.165) is 0 Å². The Balaban J connectivity index is 0.000000325. The Labute approximate surface area is 101 Å². The molecule has 1 rings (SSSR count). The van der Waals surface area contributed by atoms with E-state index in [1.54, 1.807) is 32.0 Å². The molecule has 2 unspecified atom stereocenters. The van der Waals surface area contributed by atoms with E-state index < -0.39 is 22.6 Å². The van der Waals surface area contributed by atoms with Crippen molar-refractivity contribution in [3.05, 3.63) is 30.3 Å². The first-order chi connectivity index (χ1) is 7.73. The van der Waals surface area contributed by atoms with Crippen molar-refractivity contribution in [3.63, 3.8) is 0 Å². The average molecular weight is 263 g/mol. The third kappa shape index (κ3) is 8.78. The highest BCUT2D eigenvalue weighted by Crippen LogP contribution is 2.05. The van der Waals surface area contributed by atoms with Crippen molar-refractivity contribution in [3.8, 4) is 0 Å². The molecule has 0 aliphatic heterocycles. The summed E-state index contributed by atoms with van der Waals surface area (Å²) >= 11 is 0. The van der Waals surface area contributed by atoms with E-state index in [9.17, 15) is 8.42 Å². The molecule has 0 aliphatic carbocycles. The van der Waals surface area contributed by atoms with Crippen LogP contribution in [0, 0.1) is 0 Å². The van der Waals surface area contributed by atoms with Crippen LogP contribution in [-0.2, 0) is 10.1 Å². The lowest BCUT2D eigenvalue weighted by Crippen LogP contribution is -2.33. The number of aliphatic hydroxyl groups excluding tert-OH is 2. The van der Waals surface area contributed by atoms with Gasteiger partial charge in [-0.25, -0.2) is 0 Å². The molecule has 0 radical (unpaired) electrons. The first-order valence-electron chi connectivity index (χ1n) is 4.88. The molecule has 7 heteroatoms. The molecule has 0 bridgehead atoms. The lowest BCUT2D eigenvalue weighted by molar-refractivity contribution is 0.0632. The topological polar surface area (TPSA) is 107 Å². The highest BCUT2D eigenvalue weighted by molar-refractivity contribution is 7.85. The molecular formula is C10H17NO5S. The summed E-state index contributed by atoms with van der Waals surface area (Å²) in [7, 11) is -4.00. The van der Waals surface area contributed by atoms with Crippen LogP contribution >= 0.6 is 0 Å². The molecule has 0 spiro atoms. The zero-order valence-corrected chi connectivity index (χ0v) is 10.4. The van der Waals surface area contributed by atoms with Crippen LogP contribution in [0.3, 0.4) is 0 Å². The first kappa shape index (κ1) is 16.0. The van der Waals surface area contributed by atoms with Crippen molar-refractivity contribution < 1.29 is 23.2 Å². The molecule has 0 fully saturated rings. The number of nitrogens with one attached hydrogen (secondary N) is 1. The van der Waals surface area contributed by atoms with Gasteiger partial charge in [-0.15, -0.1) is 0 Å². The second-order valence-electron chi connectivity index (χ2n) is 3.31. The minimum atomic E-state index is -4.00. The summed E-state index contributed by atoms with van der Waals surface area (Å²) in [6, 6.07) is 7.42. The predicted molar refractivity (Wildman–Crippen MR) is 62.8 cm³/mol. The zero-order chi connectivity index (χ0) is 13.5. The Hall–Kier alpha value is -0.990. The van der Waals surface area contributed by atoms with Gasteiger partial charge in [-0.05, 0) is 26.0 Å².